The van der Waals surface area contributed by atoms with E-state index >= 15 is 0 Å². The number of rotatable bonds is 4. The van der Waals surface area contributed by atoms with E-state index in [4.69, 9.17) is 9.52 Å². The molecule has 0 radical (unpaired) electrons. The summed E-state index contributed by atoms with van der Waals surface area (Å²) in [4.78, 5) is 15.3. The van der Waals surface area contributed by atoms with E-state index < -0.39 is 5.97 Å². The zero-order chi connectivity index (χ0) is 16.0. The largest absolute Gasteiger partial charge is 0.476 e. The molecule has 0 amide bonds. The molecule has 1 N–H and O–H groups in total. The average Bonchev–Trinajstić information content (AvgIpc) is 3.15. The second-order valence-corrected chi connectivity index (χ2v) is 5.62. The Morgan fingerprint density at radius 1 is 1.30 bits per heavy atom. The van der Waals surface area contributed by atoms with Crippen molar-refractivity contribution in [2.75, 3.05) is 0 Å². The lowest BCUT2D eigenvalue weighted by atomic mass is 10.1. The Morgan fingerprint density at radius 2 is 2.04 bits per heavy atom. The molecule has 1 aromatic carbocycles. The van der Waals surface area contributed by atoms with Gasteiger partial charge >= 0.3 is 5.97 Å². The predicted molar refractivity (Wildman–Crippen MR) is 80.5 cm³/mol. The summed E-state index contributed by atoms with van der Waals surface area (Å²) in [6, 6.07) is 7.49. The maximum atomic E-state index is 11.0. The Morgan fingerprint density at radius 3 is 2.65 bits per heavy atom. The SMILES string of the molecule is Cc1c(C(=O)O)nnn1-c1ccc(-c2cnc(C3CC3)o2)cc1. The summed E-state index contributed by atoms with van der Waals surface area (Å²) in [5.41, 5.74) is 2.11. The van der Waals surface area contributed by atoms with E-state index in [1.807, 2.05) is 24.3 Å². The topological polar surface area (TPSA) is 94.0 Å². The number of oxazole rings is 1. The van der Waals surface area contributed by atoms with E-state index in [-0.39, 0.29) is 5.69 Å². The van der Waals surface area contributed by atoms with Gasteiger partial charge in [0.1, 0.15) is 0 Å². The van der Waals surface area contributed by atoms with Gasteiger partial charge in [-0.15, -0.1) is 5.10 Å². The Hall–Kier alpha value is -2.96. The second kappa shape index (κ2) is 5.05. The van der Waals surface area contributed by atoms with Crippen LogP contribution in [0.2, 0.25) is 0 Å². The molecule has 2 heterocycles. The molecule has 1 aliphatic rings. The van der Waals surface area contributed by atoms with Crippen molar-refractivity contribution in [3.63, 3.8) is 0 Å². The van der Waals surface area contributed by atoms with Crippen molar-refractivity contribution >= 4 is 5.97 Å². The summed E-state index contributed by atoms with van der Waals surface area (Å²) in [6.45, 7) is 1.68. The van der Waals surface area contributed by atoms with Gasteiger partial charge in [-0.05, 0) is 44.0 Å². The summed E-state index contributed by atoms with van der Waals surface area (Å²) in [5, 5.41) is 16.6. The minimum Gasteiger partial charge on any atom is -0.476 e. The average molecular weight is 310 g/mol. The summed E-state index contributed by atoms with van der Waals surface area (Å²) in [6.07, 6.45) is 4.04. The lowest BCUT2D eigenvalue weighted by Crippen LogP contribution is -2.02. The normalized spacial score (nSPS) is 14.1. The number of carbonyl (C=O) groups is 1. The number of carboxylic acid groups (broad SMARTS) is 1. The number of hydrogen-bond acceptors (Lipinski definition) is 5. The molecule has 1 saturated carbocycles. The van der Waals surface area contributed by atoms with Gasteiger partial charge in [-0.2, -0.15) is 0 Å². The Bertz CT molecular complexity index is 875. The molecular weight excluding hydrogens is 296 g/mol. The van der Waals surface area contributed by atoms with Gasteiger partial charge < -0.3 is 9.52 Å². The van der Waals surface area contributed by atoms with Gasteiger partial charge in [0.05, 0.1) is 17.6 Å². The van der Waals surface area contributed by atoms with E-state index in [2.05, 4.69) is 15.3 Å². The molecule has 0 saturated heterocycles. The minimum absolute atomic E-state index is 0.0432. The van der Waals surface area contributed by atoms with Gasteiger partial charge in [0.25, 0.3) is 0 Å². The van der Waals surface area contributed by atoms with Crippen LogP contribution in [0.5, 0.6) is 0 Å². The first-order chi connectivity index (χ1) is 11.1. The molecule has 23 heavy (non-hydrogen) atoms. The molecule has 0 unspecified atom stereocenters. The van der Waals surface area contributed by atoms with Crippen LogP contribution in [-0.4, -0.2) is 31.1 Å². The second-order valence-electron chi connectivity index (χ2n) is 5.62. The molecule has 116 valence electrons. The van der Waals surface area contributed by atoms with Gasteiger partial charge in [-0.1, -0.05) is 5.21 Å². The van der Waals surface area contributed by atoms with Gasteiger partial charge in [0, 0.05) is 11.5 Å². The molecule has 4 rings (SSSR count). The van der Waals surface area contributed by atoms with Crippen LogP contribution in [0.25, 0.3) is 17.0 Å². The molecule has 1 aliphatic carbocycles. The van der Waals surface area contributed by atoms with Crippen LogP contribution in [0.3, 0.4) is 0 Å². The lowest BCUT2D eigenvalue weighted by Gasteiger charge is -2.04. The van der Waals surface area contributed by atoms with Gasteiger partial charge in [0.15, 0.2) is 17.3 Å². The third-order valence-corrected chi connectivity index (χ3v) is 3.94. The smallest absolute Gasteiger partial charge is 0.358 e. The molecule has 0 aliphatic heterocycles. The summed E-state index contributed by atoms with van der Waals surface area (Å²) < 4.78 is 7.28. The van der Waals surface area contributed by atoms with Gasteiger partial charge in [-0.25, -0.2) is 14.5 Å². The van der Waals surface area contributed by atoms with Crippen molar-refractivity contribution in [1.82, 2.24) is 20.0 Å². The zero-order valence-electron chi connectivity index (χ0n) is 12.4. The third-order valence-electron chi connectivity index (χ3n) is 3.94. The highest BCUT2D eigenvalue weighted by molar-refractivity contribution is 5.86. The fraction of sp³-hybridized carbons (Fsp3) is 0.250. The van der Waals surface area contributed by atoms with Crippen molar-refractivity contribution in [1.29, 1.82) is 0 Å². The summed E-state index contributed by atoms with van der Waals surface area (Å²) in [7, 11) is 0. The number of carboxylic acids is 1. The molecule has 0 bridgehead atoms. The van der Waals surface area contributed by atoms with Crippen molar-refractivity contribution < 1.29 is 14.3 Å². The minimum atomic E-state index is -1.08. The van der Waals surface area contributed by atoms with Crippen LogP contribution >= 0.6 is 0 Å². The maximum absolute atomic E-state index is 11.0. The van der Waals surface area contributed by atoms with E-state index in [0.717, 1.165) is 35.7 Å². The highest BCUT2D eigenvalue weighted by atomic mass is 16.4. The molecule has 2 aromatic heterocycles. The monoisotopic (exact) mass is 310 g/mol. The van der Waals surface area contributed by atoms with Crippen molar-refractivity contribution in [2.24, 2.45) is 0 Å². The van der Waals surface area contributed by atoms with E-state index in [1.165, 1.54) is 4.68 Å². The van der Waals surface area contributed by atoms with Gasteiger partial charge in [-0.3, -0.25) is 0 Å². The fourth-order valence-electron chi connectivity index (χ4n) is 2.48. The number of aromatic carboxylic acids is 1. The van der Waals surface area contributed by atoms with Crippen molar-refractivity contribution in [3.8, 4) is 17.0 Å². The quantitative estimate of drug-likeness (QED) is 0.796. The highest BCUT2D eigenvalue weighted by Crippen LogP contribution is 2.40. The fourth-order valence-corrected chi connectivity index (χ4v) is 2.48. The molecule has 1 fully saturated rings. The maximum Gasteiger partial charge on any atom is 0.358 e. The van der Waals surface area contributed by atoms with E-state index in [9.17, 15) is 4.79 Å². The van der Waals surface area contributed by atoms with Crippen LogP contribution in [0.15, 0.2) is 34.9 Å². The molecule has 3 aromatic rings. The van der Waals surface area contributed by atoms with Crippen LogP contribution in [0.4, 0.5) is 0 Å². The van der Waals surface area contributed by atoms with E-state index in [0.29, 0.717) is 11.6 Å². The first kappa shape index (κ1) is 13.7. The third kappa shape index (κ3) is 2.40. The number of hydrogen-bond donors (Lipinski definition) is 1. The zero-order valence-corrected chi connectivity index (χ0v) is 12.4. The molecular formula is C16H14N4O3. The number of nitrogens with zero attached hydrogens (tertiary/aromatic N) is 4. The Labute approximate surface area is 131 Å². The van der Waals surface area contributed by atoms with E-state index in [1.54, 1.807) is 13.1 Å². The number of benzene rings is 1. The Kier molecular flexibility index (Phi) is 3.00. The van der Waals surface area contributed by atoms with Crippen molar-refractivity contribution in [3.05, 3.63) is 47.7 Å². The first-order valence-electron chi connectivity index (χ1n) is 7.35. The van der Waals surface area contributed by atoms with Gasteiger partial charge in [0.2, 0.25) is 0 Å². The predicted octanol–water partition coefficient (Wildman–Crippen LogP) is 2.81. The van der Waals surface area contributed by atoms with Crippen LogP contribution < -0.4 is 0 Å². The summed E-state index contributed by atoms with van der Waals surface area (Å²) in [5.74, 6) is 0.942. The van der Waals surface area contributed by atoms with Crippen LogP contribution in [0.1, 0.15) is 40.8 Å². The summed E-state index contributed by atoms with van der Waals surface area (Å²) >= 11 is 0. The molecule has 0 atom stereocenters. The number of aromatic nitrogens is 4. The Balaban J connectivity index is 1.63. The lowest BCUT2D eigenvalue weighted by molar-refractivity contribution is 0.0689. The van der Waals surface area contributed by atoms with Crippen LogP contribution in [0, 0.1) is 6.92 Å². The molecule has 7 heteroatoms. The first-order valence-corrected chi connectivity index (χ1v) is 7.35. The molecule has 7 nitrogen and oxygen atoms in total. The van der Waals surface area contributed by atoms with Crippen molar-refractivity contribution in [2.45, 2.75) is 25.7 Å². The highest BCUT2D eigenvalue weighted by Gasteiger charge is 2.28. The molecule has 0 spiro atoms. The standard InChI is InChI=1S/C16H14N4O3/c1-9-14(16(21)22)18-19-20(9)12-6-4-10(5-7-12)13-8-17-15(23-13)11-2-3-11/h4-8,11H,2-3H2,1H3,(H,21,22). The van der Waals surface area contributed by atoms with Crippen LogP contribution in [-0.2, 0) is 0 Å².